The molecule has 1 aliphatic heterocycles. The summed E-state index contributed by atoms with van der Waals surface area (Å²) in [4.78, 5) is 22.3. The summed E-state index contributed by atoms with van der Waals surface area (Å²) in [6.45, 7) is 4.62. The summed E-state index contributed by atoms with van der Waals surface area (Å²) in [6.07, 6.45) is -0.324. The number of hydrogen-bond acceptors (Lipinski definition) is 5. The lowest BCUT2D eigenvalue weighted by molar-refractivity contribution is -0.137. The quantitative estimate of drug-likeness (QED) is 0.570. The Kier molecular flexibility index (Phi) is 5.44. The first kappa shape index (κ1) is 20.9. The summed E-state index contributed by atoms with van der Waals surface area (Å²) in [5, 5.41) is 16.2. The highest BCUT2D eigenvalue weighted by Crippen LogP contribution is 2.30. The summed E-state index contributed by atoms with van der Waals surface area (Å²) in [6, 6.07) is 4.06. The van der Waals surface area contributed by atoms with E-state index >= 15 is 0 Å². The number of carbonyl (C=O) groups is 1. The van der Waals surface area contributed by atoms with Gasteiger partial charge in [0.15, 0.2) is 0 Å². The molecule has 3 N–H and O–H groups in total. The van der Waals surface area contributed by atoms with Crippen LogP contribution in [0.3, 0.4) is 0 Å². The molecule has 4 heterocycles. The summed E-state index contributed by atoms with van der Waals surface area (Å²) < 4.78 is 38.3. The Morgan fingerprint density at radius 1 is 1.29 bits per heavy atom. The molecular formula is C20H21F3N6O2. The van der Waals surface area contributed by atoms with E-state index < -0.39 is 17.7 Å². The van der Waals surface area contributed by atoms with Gasteiger partial charge in [-0.15, -0.1) is 0 Å². The molecule has 0 saturated carbocycles. The Morgan fingerprint density at radius 2 is 2.10 bits per heavy atom. The Balaban J connectivity index is 1.42. The van der Waals surface area contributed by atoms with E-state index in [0.29, 0.717) is 43.4 Å². The van der Waals surface area contributed by atoms with Crippen LogP contribution in [0.5, 0.6) is 0 Å². The lowest BCUT2D eigenvalue weighted by Gasteiger charge is -2.40. The second-order valence-corrected chi connectivity index (χ2v) is 7.55. The molecule has 4 rings (SSSR count). The van der Waals surface area contributed by atoms with Gasteiger partial charge in [0.25, 0.3) is 0 Å². The number of alkyl halides is 3. The number of halogens is 3. The first-order chi connectivity index (χ1) is 14.7. The maximum atomic E-state index is 12.8. The number of carboxylic acid groups (broad SMARTS) is 1. The van der Waals surface area contributed by atoms with Crippen LogP contribution in [0, 0.1) is 0 Å². The fourth-order valence-corrected chi connectivity index (χ4v) is 3.80. The molecule has 3 aromatic rings. The maximum absolute atomic E-state index is 12.8. The van der Waals surface area contributed by atoms with Crippen molar-refractivity contribution in [2.75, 3.05) is 24.5 Å². The molecule has 0 aromatic carbocycles. The molecule has 0 bridgehead atoms. The number of anilines is 1. The second kappa shape index (κ2) is 8.06. The molecule has 1 atom stereocenters. The number of hydrogen-bond donors (Lipinski definition) is 3. The number of pyridine rings is 1. The van der Waals surface area contributed by atoms with E-state index in [1.165, 1.54) is 12.3 Å². The minimum absolute atomic E-state index is 0.0532. The number of nitrogens with zero attached hydrogens (tertiary/aromatic N) is 4. The standard InChI is InChI=1S/C20H21F3N6O2/c1-12-10-28(4-5-29(12)17-3-2-15(9-25-17)20(21,22)23)11-14-8-26-27-18(14)16-6-13(7-24-16)19(30)31/h2-3,6-9,12,24H,4-5,10-11H2,1H3,(H,26,27)(H,30,31)/t12-/m1/s1. The summed E-state index contributed by atoms with van der Waals surface area (Å²) in [5.74, 6) is -0.488. The number of aromatic amines is 2. The molecule has 3 aromatic heterocycles. The largest absolute Gasteiger partial charge is 0.478 e. The lowest BCUT2D eigenvalue weighted by atomic mass is 10.1. The SMILES string of the molecule is C[C@@H]1CN(Cc2c[nH]nc2-c2cc(C(=O)O)c[nH]2)CCN1c1ccc(C(F)(F)F)cn1. The van der Waals surface area contributed by atoms with Gasteiger partial charge in [0.1, 0.15) is 11.5 Å². The molecule has 164 valence electrons. The molecule has 1 aliphatic rings. The zero-order valence-corrected chi connectivity index (χ0v) is 16.6. The third-order valence-corrected chi connectivity index (χ3v) is 5.38. The van der Waals surface area contributed by atoms with Gasteiger partial charge in [0, 0.05) is 56.4 Å². The third kappa shape index (κ3) is 4.41. The molecular weight excluding hydrogens is 413 g/mol. The van der Waals surface area contributed by atoms with Crippen molar-refractivity contribution in [1.82, 2.24) is 25.1 Å². The van der Waals surface area contributed by atoms with E-state index in [-0.39, 0.29) is 11.6 Å². The van der Waals surface area contributed by atoms with Crippen LogP contribution >= 0.6 is 0 Å². The van der Waals surface area contributed by atoms with E-state index in [4.69, 9.17) is 5.11 Å². The average molecular weight is 434 g/mol. The highest BCUT2D eigenvalue weighted by atomic mass is 19.4. The van der Waals surface area contributed by atoms with Gasteiger partial charge in [0.05, 0.1) is 16.8 Å². The summed E-state index contributed by atoms with van der Waals surface area (Å²) in [5.41, 5.74) is 1.61. The molecule has 1 fully saturated rings. The van der Waals surface area contributed by atoms with Gasteiger partial charge < -0.3 is 15.0 Å². The first-order valence-electron chi connectivity index (χ1n) is 9.69. The fraction of sp³-hybridized carbons (Fsp3) is 0.350. The molecule has 0 aliphatic carbocycles. The van der Waals surface area contributed by atoms with Crippen LogP contribution in [-0.2, 0) is 12.7 Å². The van der Waals surface area contributed by atoms with Crippen molar-refractivity contribution in [2.24, 2.45) is 0 Å². The van der Waals surface area contributed by atoms with E-state index in [2.05, 4.69) is 25.1 Å². The van der Waals surface area contributed by atoms with Crippen molar-refractivity contribution in [3.63, 3.8) is 0 Å². The lowest BCUT2D eigenvalue weighted by Crippen LogP contribution is -2.51. The number of aromatic nitrogens is 4. The zero-order chi connectivity index (χ0) is 22.2. The van der Waals surface area contributed by atoms with Crippen LogP contribution in [0.1, 0.15) is 28.4 Å². The van der Waals surface area contributed by atoms with Crippen molar-refractivity contribution in [3.8, 4) is 11.4 Å². The molecule has 8 nitrogen and oxygen atoms in total. The van der Waals surface area contributed by atoms with Crippen LogP contribution in [0.25, 0.3) is 11.4 Å². The molecule has 11 heteroatoms. The van der Waals surface area contributed by atoms with Crippen molar-refractivity contribution < 1.29 is 23.1 Å². The number of piperazine rings is 1. The van der Waals surface area contributed by atoms with Crippen LogP contribution in [-0.4, -0.2) is 61.8 Å². The van der Waals surface area contributed by atoms with Crippen molar-refractivity contribution in [1.29, 1.82) is 0 Å². The topological polar surface area (TPSA) is 101 Å². The molecule has 31 heavy (non-hydrogen) atoms. The Hall–Kier alpha value is -3.34. The molecule has 0 spiro atoms. The monoisotopic (exact) mass is 434 g/mol. The number of H-pyrrole nitrogens is 2. The van der Waals surface area contributed by atoms with E-state index in [1.54, 1.807) is 12.3 Å². The Bertz CT molecular complexity index is 1060. The minimum atomic E-state index is -4.40. The van der Waals surface area contributed by atoms with Crippen molar-refractivity contribution >= 4 is 11.8 Å². The first-order valence-corrected chi connectivity index (χ1v) is 9.69. The Labute approximate surface area is 175 Å². The third-order valence-electron chi connectivity index (χ3n) is 5.38. The second-order valence-electron chi connectivity index (χ2n) is 7.55. The van der Waals surface area contributed by atoms with Crippen LogP contribution < -0.4 is 4.90 Å². The van der Waals surface area contributed by atoms with E-state index in [0.717, 1.165) is 17.8 Å². The zero-order valence-electron chi connectivity index (χ0n) is 16.6. The van der Waals surface area contributed by atoms with Crippen LogP contribution in [0.15, 0.2) is 36.8 Å². The summed E-state index contributed by atoms with van der Waals surface area (Å²) >= 11 is 0. The van der Waals surface area contributed by atoms with Gasteiger partial charge >= 0.3 is 12.1 Å². The van der Waals surface area contributed by atoms with Gasteiger partial charge in [-0.3, -0.25) is 10.00 Å². The van der Waals surface area contributed by atoms with Crippen molar-refractivity contribution in [3.05, 3.63) is 53.5 Å². The smallest absolute Gasteiger partial charge is 0.417 e. The highest BCUT2D eigenvalue weighted by Gasteiger charge is 2.32. The number of rotatable bonds is 5. The molecule has 0 radical (unpaired) electrons. The predicted octanol–water partition coefficient (Wildman–Crippen LogP) is 3.23. The van der Waals surface area contributed by atoms with Gasteiger partial charge in [-0.2, -0.15) is 18.3 Å². The number of nitrogens with one attached hydrogen (secondary N) is 2. The fourth-order valence-electron chi connectivity index (χ4n) is 3.80. The number of carboxylic acids is 1. The predicted molar refractivity (Wildman–Crippen MR) is 107 cm³/mol. The maximum Gasteiger partial charge on any atom is 0.417 e. The molecule has 1 saturated heterocycles. The van der Waals surface area contributed by atoms with Gasteiger partial charge in [-0.05, 0) is 25.1 Å². The highest BCUT2D eigenvalue weighted by molar-refractivity contribution is 5.89. The number of aromatic carboxylic acids is 1. The van der Waals surface area contributed by atoms with E-state index in [9.17, 15) is 18.0 Å². The summed E-state index contributed by atoms with van der Waals surface area (Å²) in [7, 11) is 0. The normalized spacial score (nSPS) is 17.8. The Morgan fingerprint density at radius 3 is 2.71 bits per heavy atom. The average Bonchev–Trinajstić information content (AvgIpc) is 3.37. The minimum Gasteiger partial charge on any atom is -0.478 e. The van der Waals surface area contributed by atoms with E-state index in [1.807, 2.05) is 11.8 Å². The van der Waals surface area contributed by atoms with Gasteiger partial charge in [-0.1, -0.05) is 0 Å². The van der Waals surface area contributed by atoms with Gasteiger partial charge in [0.2, 0.25) is 0 Å². The van der Waals surface area contributed by atoms with Gasteiger partial charge in [-0.25, -0.2) is 9.78 Å². The van der Waals surface area contributed by atoms with Crippen LogP contribution in [0.2, 0.25) is 0 Å². The van der Waals surface area contributed by atoms with Crippen molar-refractivity contribution in [2.45, 2.75) is 25.7 Å². The molecule has 0 unspecified atom stereocenters. The molecule has 0 amide bonds. The van der Waals surface area contributed by atoms with Crippen LogP contribution in [0.4, 0.5) is 19.0 Å².